The Kier molecular flexibility index (Phi) is 6.42. The minimum atomic E-state index is -0.422. The van der Waals surface area contributed by atoms with E-state index in [0.717, 1.165) is 12.2 Å². The Bertz CT molecular complexity index is 475. The maximum Gasteiger partial charge on any atom is 0.311 e. The van der Waals surface area contributed by atoms with E-state index in [1.54, 1.807) is 12.1 Å². The quantitative estimate of drug-likeness (QED) is 0.590. The van der Waals surface area contributed by atoms with Gasteiger partial charge in [-0.25, -0.2) is 0 Å². The van der Waals surface area contributed by atoms with Crippen LogP contribution >= 0.6 is 0 Å². The second-order valence-corrected chi connectivity index (χ2v) is 5.63. The van der Waals surface area contributed by atoms with Gasteiger partial charge in [-0.2, -0.15) is 0 Å². The fourth-order valence-electron chi connectivity index (χ4n) is 2.06. The molecule has 21 heavy (non-hydrogen) atoms. The predicted molar refractivity (Wildman–Crippen MR) is 85.1 cm³/mol. The molecule has 1 aromatic carbocycles. The molecule has 0 aliphatic carbocycles. The molecule has 1 aromatic rings. The van der Waals surface area contributed by atoms with Crippen LogP contribution in [0.3, 0.4) is 0 Å². The van der Waals surface area contributed by atoms with Crippen molar-refractivity contribution in [2.45, 2.75) is 26.8 Å². The van der Waals surface area contributed by atoms with Gasteiger partial charge in [0.15, 0.2) is 5.75 Å². The van der Waals surface area contributed by atoms with Gasteiger partial charge >= 0.3 is 5.69 Å². The monoisotopic (exact) mass is 295 g/mol. The minimum absolute atomic E-state index is 0.00361. The topological polar surface area (TPSA) is 67.6 Å². The fourth-order valence-corrected chi connectivity index (χ4v) is 2.06. The molecule has 1 rings (SSSR count). The van der Waals surface area contributed by atoms with Crippen molar-refractivity contribution in [3.8, 4) is 5.75 Å². The van der Waals surface area contributed by atoms with Crippen LogP contribution in [0.25, 0.3) is 0 Å². The summed E-state index contributed by atoms with van der Waals surface area (Å²) in [6.07, 6.45) is 0. The maximum atomic E-state index is 11.0. The number of benzene rings is 1. The second-order valence-electron chi connectivity index (χ2n) is 5.63. The molecule has 6 nitrogen and oxygen atoms in total. The summed E-state index contributed by atoms with van der Waals surface area (Å²) >= 11 is 0. The molecule has 0 spiro atoms. The van der Waals surface area contributed by atoms with E-state index in [9.17, 15) is 10.1 Å². The van der Waals surface area contributed by atoms with Gasteiger partial charge in [-0.15, -0.1) is 0 Å². The number of likely N-dealkylation sites (N-methyl/N-ethyl adjacent to an activating group) is 1. The summed E-state index contributed by atoms with van der Waals surface area (Å²) in [4.78, 5) is 12.7. The van der Waals surface area contributed by atoms with Crippen LogP contribution in [0.15, 0.2) is 18.2 Å². The average molecular weight is 295 g/mol. The smallest absolute Gasteiger partial charge is 0.311 e. The van der Waals surface area contributed by atoms with E-state index in [0.29, 0.717) is 18.3 Å². The van der Waals surface area contributed by atoms with Crippen LogP contribution in [0.4, 0.5) is 11.4 Å². The molecule has 0 aliphatic heterocycles. The molecule has 0 radical (unpaired) electrons. The third-order valence-electron chi connectivity index (χ3n) is 3.17. The van der Waals surface area contributed by atoms with Gasteiger partial charge in [-0.3, -0.25) is 10.1 Å². The number of anilines is 1. The first-order valence-corrected chi connectivity index (χ1v) is 7.17. The summed E-state index contributed by atoms with van der Waals surface area (Å²) in [7, 11) is 4.05. The molecule has 118 valence electrons. The number of nitrogens with zero attached hydrogens (tertiary/aromatic N) is 2. The molecule has 0 aromatic heterocycles. The molecule has 1 unspecified atom stereocenters. The zero-order chi connectivity index (χ0) is 16.0. The first-order valence-electron chi connectivity index (χ1n) is 7.17. The van der Waals surface area contributed by atoms with Crippen LogP contribution in [0.5, 0.6) is 5.75 Å². The summed E-state index contributed by atoms with van der Waals surface area (Å²) in [5.74, 6) is 0.748. The molecule has 0 bridgehead atoms. The van der Waals surface area contributed by atoms with Crippen LogP contribution in [-0.4, -0.2) is 43.1 Å². The molecule has 1 atom stereocenters. The number of ether oxygens (including phenoxy) is 1. The van der Waals surface area contributed by atoms with Crippen LogP contribution in [0, 0.1) is 16.0 Å². The van der Waals surface area contributed by atoms with E-state index in [1.807, 2.05) is 21.0 Å². The number of nitro benzene ring substituents is 1. The first kappa shape index (κ1) is 17.2. The molecule has 6 heteroatoms. The Balaban J connectivity index is 2.96. The summed E-state index contributed by atoms with van der Waals surface area (Å²) in [6, 6.07) is 5.18. The molecule has 1 N–H and O–H groups in total. The standard InChI is InChI=1S/C15H25N3O3/c1-6-21-15-9-12(7-8-14(15)18(19)20)16-13(11(2)3)10-17(4)5/h7-9,11,13,16H,6,10H2,1-5H3. The highest BCUT2D eigenvalue weighted by molar-refractivity contribution is 5.58. The van der Waals surface area contributed by atoms with Gasteiger partial charge in [0.2, 0.25) is 0 Å². The number of nitro groups is 1. The average Bonchev–Trinajstić information content (AvgIpc) is 2.37. The molecular formula is C15H25N3O3. The van der Waals surface area contributed by atoms with Crippen LogP contribution in [0.1, 0.15) is 20.8 Å². The van der Waals surface area contributed by atoms with Crippen LogP contribution in [-0.2, 0) is 0 Å². The Morgan fingerprint density at radius 3 is 2.52 bits per heavy atom. The summed E-state index contributed by atoms with van der Waals surface area (Å²) in [5.41, 5.74) is 0.834. The van der Waals surface area contributed by atoms with Crippen molar-refractivity contribution < 1.29 is 9.66 Å². The van der Waals surface area contributed by atoms with Crippen LogP contribution < -0.4 is 10.1 Å². The summed E-state index contributed by atoms with van der Waals surface area (Å²) in [5, 5.41) is 14.4. The zero-order valence-electron chi connectivity index (χ0n) is 13.4. The van der Waals surface area contributed by atoms with Crippen molar-refractivity contribution in [3.63, 3.8) is 0 Å². The normalized spacial score (nSPS) is 12.5. The Labute approximate surface area is 126 Å². The van der Waals surface area contributed by atoms with Crippen molar-refractivity contribution in [2.75, 3.05) is 32.6 Å². The Morgan fingerprint density at radius 1 is 1.38 bits per heavy atom. The molecule has 0 aliphatic rings. The number of hydrogen-bond acceptors (Lipinski definition) is 5. The summed E-state index contributed by atoms with van der Waals surface area (Å²) < 4.78 is 5.37. The molecular weight excluding hydrogens is 270 g/mol. The van der Waals surface area contributed by atoms with Gasteiger partial charge in [-0.05, 0) is 33.0 Å². The lowest BCUT2D eigenvalue weighted by Gasteiger charge is -2.26. The Morgan fingerprint density at radius 2 is 2.05 bits per heavy atom. The highest BCUT2D eigenvalue weighted by Crippen LogP contribution is 2.30. The highest BCUT2D eigenvalue weighted by Gasteiger charge is 2.18. The van der Waals surface area contributed by atoms with Crippen LogP contribution in [0.2, 0.25) is 0 Å². The highest BCUT2D eigenvalue weighted by atomic mass is 16.6. The lowest BCUT2D eigenvalue weighted by atomic mass is 10.0. The largest absolute Gasteiger partial charge is 0.487 e. The number of hydrogen-bond donors (Lipinski definition) is 1. The van der Waals surface area contributed by atoms with E-state index in [4.69, 9.17) is 4.74 Å². The number of nitrogens with one attached hydrogen (secondary N) is 1. The van der Waals surface area contributed by atoms with Crippen molar-refractivity contribution in [3.05, 3.63) is 28.3 Å². The zero-order valence-corrected chi connectivity index (χ0v) is 13.4. The molecule has 0 fully saturated rings. The summed E-state index contributed by atoms with van der Waals surface area (Å²) in [6.45, 7) is 7.40. The molecule has 0 heterocycles. The van der Waals surface area contributed by atoms with E-state index >= 15 is 0 Å². The third kappa shape index (κ3) is 5.23. The lowest BCUT2D eigenvalue weighted by Crippen LogP contribution is -2.36. The fraction of sp³-hybridized carbons (Fsp3) is 0.600. The van der Waals surface area contributed by atoms with Gasteiger partial charge < -0.3 is 15.0 Å². The van der Waals surface area contributed by atoms with Gasteiger partial charge in [0, 0.05) is 30.4 Å². The second kappa shape index (κ2) is 7.83. The molecule has 0 saturated heterocycles. The molecule has 0 amide bonds. The lowest BCUT2D eigenvalue weighted by molar-refractivity contribution is -0.385. The third-order valence-corrected chi connectivity index (χ3v) is 3.17. The van der Waals surface area contributed by atoms with E-state index in [2.05, 4.69) is 24.1 Å². The van der Waals surface area contributed by atoms with Gasteiger partial charge in [0.1, 0.15) is 0 Å². The predicted octanol–water partition coefficient (Wildman–Crippen LogP) is 2.99. The van der Waals surface area contributed by atoms with E-state index in [-0.39, 0.29) is 11.7 Å². The minimum Gasteiger partial charge on any atom is -0.487 e. The van der Waals surface area contributed by atoms with E-state index in [1.165, 1.54) is 6.07 Å². The van der Waals surface area contributed by atoms with Gasteiger partial charge in [0.25, 0.3) is 0 Å². The van der Waals surface area contributed by atoms with E-state index < -0.39 is 4.92 Å². The maximum absolute atomic E-state index is 11.0. The Hall–Kier alpha value is -1.82. The molecule has 0 saturated carbocycles. The number of rotatable bonds is 8. The van der Waals surface area contributed by atoms with Gasteiger partial charge in [-0.1, -0.05) is 13.8 Å². The first-order chi connectivity index (χ1) is 9.85. The van der Waals surface area contributed by atoms with Crippen molar-refractivity contribution >= 4 is 11.4 Å². The van der Waals surface area contributed by atoms with Gasteiger partial charge in [0.05, 0.1) is 11.5 Å². The van der Waals surface area contributed by atoms with Crippen molar-refractivity contribution in [2.24, 2.45) is 5.92 Å². The van der Waals surface area contributed by atoms with Crippen molar-refractivity contribution in [1.29, 1.82) is 0 Å². The SMILES string of the molecule is CCOc1cc(NC(CN(C)C)C(C)C)ccc1[N+](=O)[O-]. The van der Waals surface area contributed by atoms with Crippen molar-refractivity contribution in [1.82, 2.24) is 4.90 Å².